The Morgan fingerprint density at radius 2 is 1.97 bits per heavy atom. The van der Waals surface area contributed by atoms with Gasteiger partial charge in [0, 0.05) is 31.7 Å². The van der Waals surface area contributed by atoms with Crippen LogP contribution in [0, 0.1) is 11.6 Å². The Bertz CT molecular complexity index is 1210. The van der Waals surface area contributed by atoms with E-state index in [1.165, 1.54) is 41.4 Å². The molecule has 0 aliphatic carbocycles. The van der Waals surface area contributed by atoms with E-state index in [1.54, 1.807) is 19.2 Å². The van der Waals surface area contributed by atoms with Gasteiger partial charge in [0.2, 0.25) is 5.91 Å². The summed E-state index contributed by atoms with van der Waals surface area (Å²) >= 11 is 5.98. The normalized spacial score (nSPS) is 11.8. The largest absolute Gasteiger partial charge is 0.447 e. The number of hydrogen-bond donors (Lipinski definition) is 2. The Morgan fingerprint density at radius 1 is 1.17 bits per heavy atom. The third kappa shape index (κ3) is 7.60. The van der Waals surface area contributed by atoms with E-state index >= 15 is 0 Å². The average Bonchev–Trinajstić information content (AvgIpc) is 2.86. The first kappa shape index (κ1) is 27.3. The van der Waals surface area contributed by atoms with Crippen LogP contribution in [-0.2, 0) is 16.0 Å². The lowest BCUT2D eigenvalue weighted by molar-refractivity contribution is -0.132. The number of carbonyl (C=O) groups excluding carboxylic acids is 2. The molecule has 0 saturated carbocycles. The summed E-state index contributed by atoms with van der Waals surface area (Å²) in [6.07, 6.45) is 2.78. The minimum Gasteiger partial charge on any atom is -0.447 e. The fourth-order valence-corrected chi connectivity index (χ4v) is 3.96. The predicted octanol–water partition coefficient (Wildman–Crippen LogP) is 5.34. The van der Waals surface area contributed by atoms with Crippen LogP contribution in [0.5, 0.6) is 0 Å². The number of aryl methyl sites for hydroxylation is 1. The van der Waals surface area contributed by atoms with Gasteiger partial charge in [0.15, 0.2) is 0 Å². The molecular weight excluding hydrogens is 492 g/mol. The number of nitrogens with zero attached hydrogens (tertiary/aromatic N) is 2. The van der Waals surface area contributed by atoms with Crippen molar-refractivity contribution in [3.05, 3.63) is 70.9 Å². The molecule has 2 N–H and O–H groups in total. The molecule has 0 unspecified atom stereocenters. The predicted molar refractivity (Wildman–Crippen MR) is 134 cm³/mol. The van der Waals surface area contributed by atoms with Crippen molar-refractivity contribution >= 4 is 40.2 Å². The molecule has 2 amide bonds. The highest BCUT2D eigenvalue weighted by Gasteiger charge is 2.22. The van der Waals surface area contributed by atoms with Crippen molar-refractivity contribution in [1.29, 1.82) is 0 Å². The number of fused-ring (bicyclic) bond motifs is 1. The zero-order chi connectivity index (χ0) is 26.1. The molecule has 3 aromatic rings. The Kier molecular flexibility index (Phi) is 9.95. The van der Waals surface area contributed by atoms with E-state index < -0.39 is 23.8 Å². The first-order valence-corrected chi connectivity index (χ1v) is 11.9. The van der Waals surface area contributed by atoms with Crippen LogP contribution in [0.1, 0.15) is 31.2 Å². The molecule has 0 aliphatic rings. The number of aliphatic hydroxyl groups is 1. The number of hydrogen-bond acceptors (Lipinski definition) is 5. The average molecular weight is 520 g/mol. The summed E-state index contributed by atoms with van der Waals surface area (Å²) < 4.78 is 32.5. The van der Waals surface area contributed by atoms with Gasteiger partial charge in [-0.25, -0.2) is 18.6 Å². The highest BCUT2D eigenvalue weighted by molar-refractivity contribution is 6.31. The number of benzene rings is 2. The summed E-state index contributed by atoms with van der Waals surface area (Å²) in [4.78, 5) is 30.8. The molecule has 3 rings (SSSR count). The van der Waals surface area contributed by atoms with Crippen LogP contribution in [0.2, 0.25) is 5.02 Å². The standard InChI is InChI=1S/C26H28ClF2N3O4/c1-32(24(34)11-9-17-5-4-7-22(29)25(17)27)21(6-2-3-12-33)16-36-26(35)31-23-14-19-13-20(28)10-8-18(19)15-30-23/h4-5,7-8,10,13-15,21,33H,2-3,6,9,11-12,16H2,1H3,(H,30,31,35)/t21-/m0/s1. The maximum absolute atomic E-state index is 13.7. The summed E-state index contributed by atoms with van der Waals surface area (Å²) in [5.41, 5.74) is 0.536. The van der Waals surface area contributed by atoms with Crippen molar-refractivity contribution in [2.24, 2.45) is 0 Å². The number of amides is 2. The summed E-state index contributed by atoms with van der Waals surface area (Å²) in [7, 11) is 1.61. The van der Waals surface area contributed by atoms with E-state index in [-0.39, 0.29) is 42.8 Å². The minimum absolute atomic E-state index is 0.00232. The number of halogens is 3. The second kappa shape index (κ2) is 13.1. The van der Waals surface area contributed by atoms with Crippen molar-refractivity contribution in [3.8, 4) is 0 Å². The van der Waals surface area contributed by atoms with Gasteiger partial charge in [0.05, 0.1) is 11.1 Å². The lowest BCUT2D eigenvalue weighted by atomic mass is 10.1. The van der Waals surface area contributed by atoms with E-state index in [4.69, 9.17) is 21.4 Å². The van der Waals surface area contributed by atoms with Gasteiger partial charge in [-0.15, -0.1) is 0 Å². The molecule has 0 spiro atoms. The molecule has 2 aromatic carbocycles. The summed E-state index contributed by atoms with van der Waals surface area (Å²) in [6.45, 7) is -0.0690. The molecule has 0 aliphatic heterocycles. The Labute approximate surface area is 213 Å². The third-order valence-electron chi connectivity index (χ3n) is 5.85. The molecule has 7 nitrogen and oxygen atoms in total. The monoisotopic (exact) mass is 519 g/mol. The summed E-state index contributed by atoms with van der Waals surface area (Å²) in [5, 5.41) is 12.9. The second-order valence-electron chi connectivity index (χ2n) is 8.38. The highest BCUT2D eigenvalue weighted by atomic mass is 35.5. The third-order valence-corrected chi connectivity index (χ3v) is 6.27. The molecule has 0 radical (unpaired) electrons. The van der Waals surface area contributed by atoms with Gasteiger partial charge in [0.1, 0.15) is 24.1 Å². The van der Waals surface area contributed by atoms with Crippen LogP contribution in [0.3, 0.4) is 0 Å². The van der Waals surface area contributed by atoms with Crippen LogP contribution in [0.25, 0.3) is 10.8 Å². The molecule has 0 saturated heterocycles. The topological polar surface area (TPSA) is 91.8 Å². The molecule has 192 valence electrons. The van der Waals surface area contributed by atoms with Crippen molar-refractivity contribution in [2.75, 3.05) is 25.6 Å². The number of pyridine rings is 1. The van der Waals surface area contributed by atoms with E-state index in [1.807, 2.05) is 0 Å². The lowest BCUT2D eigenvalue weighted by Crippen LogP contribution is -2.41. The molecule has 10 heteroatoms. The smallest absolute Gasteiger partial charge is 0.412 e. The molecule has 0 bridgehead atoms. The molecule has 36 heavy (non-hydrogen) atoms. The molecule has 1 atom stereocenters. The molecule has 1 aromatic heterocycles. The molecular formula is C26H28ClF2N3O4. The number of anilines is 1. The van der Waals surface area contributed by atoms with Crippen LogP contribution in [0.15, 0.2) is 48.7 Å². The number of ether oxygens (including phenoxy) is 1. The van der Waals surface area contributed by atoms with Gasteiger partial charge in [-0.2, -0.15) is 0 Å². The zero-order valence-corrected chi connectivity index (χ0v) is 20.6. The Morgan fingerprint density at radius 3 is 2.75 bits per heavy atom. The number of rotatable bonds is 11. The second-order valence-corrected chi connectivity index (χ2v) is 8.75. The first-order valence-electron chi connectivity index (χ1n) is 11.6. The molecule has 1 heterocycles. The SMILES string of the molecule is CN(C(=O)CCc1cccc(F)c1Cl)[C@@H](CCCCO)COC(=O)Nc1cc2cc(F)ccc2cn1. The van der Waals surface area contributed by atoms with Crippen LogP contribution in [0.4, 0.5) is 19.4 Å². The van der Waals surface area contributed by atoms with Crippen molar-refractivity contribution in [2.45, 2.75) is 38.1 Å². The maximum atomic E-state index is 13.7. The van der Waals surface area contributed by atoms with Crippen molar-refractivity contribution in [3.63, 3.8) is 0 Å². The fraction of sp³-hybridized carbons (Fsp3) is 0.346. The number of unbranched alkanes of at least 4 members (excludes halogenated alkanes) is 1. The summed E-state index contributed by atoms with van der Waals surface area (Å²) in [6, 6.07) is 9.81. The lowest BCUT2D eigenvalue weighted by Gasteiger charge is -2.28. The van der Waals surface area contributed by atoms with Gasteiger partial charge in [-0.3, -0.25) is 10.1 Å². The number of carbonyl (C=O) groups is 2. The van der Waals surface area contributed by atoms with E-state index in [2.05, 4.69) is 10.3 Å². The van der Waals surface area contributed by atoms with Crippen LogP contribution < -0.4 is 5.32 Å². The van der Waals surface area contributed by atoms with Crippen molar-refractivity contribution < 1.29 is 28.2 Å². The summed E-state index contributed by atoms with van der Waals surface area (Å²) in [5.74, 6) is -0.958. The maximum Gasteiger partial charge on any atom is 0.412 e. The zero-order valence-electron chi connectivity index (χ0n) is 19.8. The number of aromatic nitrogens is 1. The number of likely N-dealkylation sites (N-methyl/N-ethyl adjacent to an activating group) is 1. The van der Waals surface area contributed by atoms with Crippen LogP contribution >= 0.6 is 11.6 Å². The number of nitrogens with one attached hydrogen (secondary N) is 1. The van der Waals surface area contributed by atoms with Gasteiger partial charge in [-0.1, -0.05) is 23.7 Å². The van der Waals surface area contributed by atoms with E-state index in [0.29, 0.717) is 30.2 Å². The van der Waals surface area contributed by atoms with Gasteiger partial charge < -0.3 is 14.7 Å². The van der Waals surface area contributed by atoms with Gasteiger partial charge in [0.25, 0.3) is 0 Å². The quantitative estimate of drug-likeness (QED) is 0.334. The highest BCUT2D eigenvalue weighted by Crippen LogP contribution is 2.22. The fourth-order valence-electron chi connectivity index (χ4n) is 3.74. The molecule has 0 fully saturated rings. The van der Waals surface area contributed by atoms with Crippen LogP contribution in [-0.4, -0.2) is 53.3 Å². The van der Waals surface area contributed by atoms with Gasteiger partial charge in [-0.05, 0) is 67.0 Å². The first-order chi connectivity index (χ1) is 17.3. The van der Waals surface area contributed by atoms with Gasteiger partial charge >= 0.3 is 6.09 Å². The van der Waals surface area contributed by atoms with Crippen molar-refractivity contribution in [1.82, 2.24) is 9.88 Å². The Hall–Kier alpha value is -3.30. The van der Waals surface area contributed by atoms with E-state index in [0.717, 1.165) is 5.39 Å². The Balaban J connectivity index is 1.58. The number of aliphatic hydroxyl groups excluding tert-OH is 1. The van der Waals surface area contributed by atoms with E-state index in [9.17, 15) is 18.4 Å². The minimum atomic E-state index is -0.766.